The third-order valence-electron chi connectivity index (χ3n) is 2.61. The van der Waals surface area contributed by atoms with E-state index < -0.39 is 0 Å². The zero-order valence-corrected chi connectivity index (χ0v) is 12.6. The van der Waals surface area contributed by atoms with Crippen molar-refractivity contribution in [3.8, 4) is 22.4 Å². The predicted molar refractivity (Wildman–Crippen MR) is 75.8 cm³/mol. The van der Waals surface area contributed by atoms with Crippen molar-refractivity contribution in [2.45, 2.75) is 13.8 Å². The fourth-order valence-electron chi connectivity index (χ4n) is 1.63. The Morgan fingerprint density at radius 3 is 2.74 bits per heavy atom. The molecule has 0 spiro atoms. The van der Waals surface area contributed by atoms with Gasteiger partial charge in [-0.3, -0.25) is 4.98 Å². The van der Waals surface area contributed by atoms with Gasteiger partial charge in [0.05, 0.1) is 16.8 Å². The van der Waals surface area contributed by atoms with E-state index in [1.807, 2.05) is 25.3 Å². The van der Waals surface area contributed by atoms with E-state index in [1.54, 1.807) is 17.5 Å². The van der Waals surface area contributed by atoms with Crippen molar-refractivity contribution in [1.82, 2.24) is 20.2 Å². The van der Waals surface area contributed by atoms with Gasteiger partial charge in [0.15, 0.2) is 0 Å². The molecule has 0 aromatic carbocycles. The topological polar surface area (TPSA) is 64.7 Å². The molecule has 0 saturated carbocycles. The van der Waals surface area contributed by atoms with E-state index in [2.05, 4.69) is 36.1 Å². The number of aromatic nitrogens is 4. The molecule has 0 aliphatic rings. The van der Waals surface area contributed by atoms with Crippen LogP contribution in [0.3, 0.4) is 0 Å². The van der Waals surface area contributed by atoms with E-state index in [0.29, 0.717) is 22.1 Å². The van der Waals surface area contributed by atoms with Crippen LogP contribution in [0.25, 0.3) is 22.4 Å². The molecule has 3 rings (SSSR count). The number of hydrogen-bond acceptors (Lipinski definition) is 6. The zero-order valence-electron chi connectivity index (χ0n) is 10.2. The normalized spacial score (nSPS) is 10.9. The molecule has 3 aromatic rings. The van der Waals surface area contributed by atoms with Crippen LogP contribution in [0.15, 0.2) is 26.7 Å². The summed E-state index contributed by atoms with van der Waals surface area (Å²) in [6, 6.07) is 2.02. The second-order valence-corrected chi connectivity index (χ2v) is 5.70. The molecule has 0 unspecified atom stereocenters. The van der Waals surface area contributed by atoms with Crippen LogP contribution in [0.5, 0.6) is 0 Å². The maximum Gasteiger partial charge on any atom is 0.268 e. The van der Waals surface area contributed by atoms with Gasteiger partial charge in [-0.25, -0.2) is 4.98 Å². The fraction of sp³-hybridized carbons (Fsp3) is 0.167. The van der Waals surface area contributed by atoms with Crippen molar-refractivity contribution in [3.63, 3.8) is 0 Å². The van der Waals surface area contributed by atoms with Crippen LogP contribution in [0, 0.1) is 13.8 Å². The largest absolute Gasteiger partial charge is 0.414 e. The van der Waals surface area contributed by atoms with Gasteiger partial charge in [-0.1, -0.05) is 0 Å². The Hall–Kier alpha value is -1.60. The van der Waals surface area contributed by atoms with E-state index in [-0.39, 0.29) is 0 Å². The molecule has 0 radical (unpaired) electrons. The van der Waals surface area contributed by atoms with Gasteiger partial charge in [-0.05, 0) is 46.8 Å². The molecular formula is C12H9BrN4OS. The number of nitrogens with zero attached hydrogens (tertiary/aromatic N) is 4. The minimum atomic E-state index is 0.383. The van der Waals surface area contributed by atoms with Crippen LogP contribution in [0.4, 0.5) is 0 Å². The molecule has 3 heterocycles. The monoisotopic (exact) mass is 336 g/mol. The van der Waals surface area contributed by atoms with E-state index in [0.717, 1.165) is 16.1 Å². The summed E-state index contributed by atoms with van der Waals surface area (Å²) in [5, 5.41) is 10.1. The molecule has 7 heteroatoms. The Labute approximate surface area is 121 Å². The molecule has 5 nitrogen and oxygen atoms in total. The Balaban J connectivity index is 2.06. The average Bonchev–Trinajstić information content (AvgIpc) is 3.00. The summed E-state index contributed by atoms with van der Waals surface area (Å²) in [6.45, 7) is 3.87. The van der Waals surface area contributed by atoms with Gasteiger partial charge >= 0.3 is 0 Å². The highest BCUT2D eigenvalue weighted by molar-refractivity contribution is 9.10. The van der Waals surface area contributed by atoms with Gasteiger partial charge in [0, 0.05) is 0 Å². The minimum Gasteiger partial charge on any atom is -0.414 e. The zero-order chi connectivity index (χ0) is 13.4. The van der Waals surface area contributed by atoms with Gasteiger partial charge in [-0.2, -0.15) is 0 Å². The first kappa shape index (κ1) is 12.4. The molecule has 19 heavy (non-hydrogen) atoms. The smallest absolute Gasteiger partial charge is 0.268 e. The first-order valence-electron chi connectivity index (χ1n) is 5.52. The third kappa shape index (κ3) is 2.31. The molecule has 0 fully saturated rings. The van der Waals surface area contributed by atoms with Crippen LogP contribution >= 0.6 is 27.3 Å². The van der Waals surface area contributed by atoms with Gasteiger partial charge in [0.25, 0.3) is 11.8 Å². The average molecular weight is 337 g/mol. The summed E-state index contributed by atoms with van der Waals surface area (Å²) in [5.41, 5.74) is 2.47. The maximum absolute atomic E-state index is 5.70. The highest BCUT2D eigenvalue weighted by atomic mass is 79.9. The van der Waals surface area contributed by atoms with Crippen LogP contribution in [-0.4, -0.2) is 20.2 Å². The second kappa shape index (κ2) is 4.82. The summed E-state index contributed by atoms with van der Waals surface area (Å²) in [4.78, 5) is 9.52. The third-order valence-corrected chi connectivity index (χ3v) is 4.00. The van der Waals surface area contributed by atoms with E-state index in [9.17, 15) is 0 Å². The molecule has 0 saturated heterocycles. The first-order valence-corrected chi connectivity index (χ1v) is 7.20. The second-order valence-electron chi connectivity index (χ2n) is 3.97. The number of thiophene rings is 1. The molecule has 0 aliphatic heterocycles. The highest BCUT2D eigenvalue weighted by Gasteiger charge is 2.16. The Morgan fingerprint density at radius 2 is 2.00 bits per heavy atom. The lowest BCUT2D eigenvalue weighted by atomic mass is 10.3. The number of rotatable bonds is 2. The lowest BCUT2D eigenvalue weighted by molar-refractivity contribution is 0.582. The first-order chi connectivity index (χ1) is 9.15. The van der Waals surface area contributed by atoms with Crippen molar-refractivity contribution in [2.24, 2.45) is 0 Å². The van der Waals surface area contributed by atoms with Gasteiger partial charge in [0.1, 0.15) is 10.3 Å². The summed E-state index contributed by atoms with van der Waals surface area (Å²) < 4.78 is 6.33. The summed E-state index contributed by atoms with van der Waals surface area (Å²) in [5.74, 6) is 0.901. The number of hydrogen-bond donors (Lipinski definition) is 0. The molecule has 0 bridgehead atoms. The summed E-state index contributed by atoms with van der Waals surface area (Å²) in [6.07, 6.45) is 1.64. The van der Waals surface area contributed by atoms with Crippen molar-refractivity contribution in [3.05, 3.63) is 33.5 Å². The molecule has 0 aliphatic carbocycles. The fourth-order valence-corrected chi connectivity index (χ4v) is 2.76. The van der Waals surface area contributed by atoms with E-state index >= 15 is 0 Å². The van der Waals surface area contributed by atoms with Crippen LogP contribution in [0.1, 0.15) is 11.3 Å². The van der Waals surface area contributed by atoms with Gasteiger partial charge < -0.3 is 4.42 Å². The lowest BCUT2D eigenvalue weighted by Crippen LogP contribution is -1.92. The quantitative estimate of drug-likeness (QED) is 0.714. The molecular weight excluding hydrogens is 328 g/mol. The maximum atomic E-state index is 5.70. The molecule has 0 atom stereocenters. The summed E-state index contributed by atoms with van der Waals surface area (Å²) >= 11 is 4.87. The van der Waals surface area contributed by atoms with Gasteiger partial charge in [0.2, 0.25) is 0 Å². The molecule has 3 aromatic heterocycles. The van der Waals surface area contributed by atoms with Crippen molar-refractivity contribution in [2.75, 3.05) is 0 Å². The Morgan fingerprint density at radius 1 is 1.21 bits per heavy atom. The molecule has 96 valence electrons. The van der Waals surface area contributed by atoms with Crippen molar-refractivity contribution >= 4 is 27.3 Å². The number of aryl methyl sites for hydroxylation is 2. The predicted octanol–water partition coefficient (Wildman–Crippen LogP) is 3.63. The Kier molecular flexibility index (Phi) is 3.16. The number of halogens is 1. The van der Waals surface area contributed by atoms with Crippen molar-refractivity contribution in [1.29, 1.82) is 0 Å². The van der Waals surface area contributed by atoms with Crippen LogP contribution < -0.4 is 0 Å². The highest BCUT2D eigenvalue weighted by Crippen LogP contribution is 2.30. The lowest BCUT2D eigenvalue weighted by Gasteiger charge is -1.98. The standard InChI is InChI=1S/C12H9BrN4OS/c1-6-3-4-19-10(6)12-17-16-11(18-12)9-7(2)14-5-8(13)15-9/h3-5H,1-2H3. The van der Waals surface area contributed by atoms with Crippen LogP contribution in [-0.2, 0) is 0 Å². The van der Waals surface area contributed by atoms with E-state index in [4.69, 9.17) is 4.42 Å². The summed E-state index contributed by atoms with van der Waals surface area (Å²) in [7, 11) is 0. The minimum absolute atomic E-state index is 0.383. The van der Waals surface area contributed by atoms with Gasteiger partial charge in [-0.15, -0.1) is 21.5 Å². The SMILES string of the molecule is Cc1ccsc1-c1nnc(-c2nc(Br)cnc2C)o1. The Bertz CT molecular complexity index is 737. The molecule has 0 N–H and O–H groups in total. The van der Waals surface area contributed by atoms with E-state index in [1.165, 1.54) is 0 Å². The molecule has 0 amide bonds. The van der Waals surface area contributed by atoms with Crippen LogP contribution in [0.2, 0.25) is 0 Å². The van der Waals surface area contributed by atoms with Crippen molar-refractivity contribution < 1.29 is 4.42 Å².